The second-order valence-corrected chi connectivity index (χ2v) is 8.28. The van der Waals surface area contributed by atoms with Crippen molar-refractivity contribution < 1.29 is 4.79 Å². The lowest BCUT2D eigenvalue weighted by molar-refractivity contribution is -0.115. The van der Waals surface area contributed by atoms with Gasteiger partial charge in [-0.15, -0.1) is 5.10 Å². The summed E-state index contributed by atoms with van der Waals surface area (Å²) in [6.45, 7) is 5.89. The maximum Gasteiger partial charge on any atom is 0.237 e. The molecule has 0 bridgehead atoms. The van der Waals surface area contributed by atoms with E-state index in [0.29, 0.717) is 5.16 Å². The monoisotopic (exact) mass is 403 g/mol. The number of anilines is 1. The number of tetrazole rings is 1. The van der Waals surface area contributed by atoms with Crippen molar-refractivity contribution >= 4 is 34.1 Å². The summed E-state index contributed by atoms with van der Waals surface area (Å²) in [5, 5.41) is 17.5. The number of benzene rings is 3. The molecule has 0 aliphatic rings. The molecule has 1 amide bonds. The minimum absolute atomic E-state index is 0.0965. The van der Waals surface area contributed by atoms with Crippen LogP contribution in [-0.4, -0.2) is 31.4 Å². The van der Waals surface area contributed by atoms with E-state index in [2.05, 4.69) is 26.9 Å². The third-order valence-corrected chi connectivity index (χ3v) is 5.74. The van der Waals surface area contributed by atoms with Gasteiger partial charge in [-0.05, 0) is 71.3 Å². The molecule has 0 radical (unpaired) electrons. The zero-order valence-corrected chi connectivity index (χ0v) is 17.3. The molecule has 1 atom stereocenters. The molecule has 4 aromatic rings. The van der Waals surface area contributed by atoms with Gasteiger partial charge in [-0.25, -0.2) is 0 Å². The molecule has 3 aromatic carbocycles. The van der Waals surface area contributed by atoms with Gasteiger partial charge in [0.15, 0.2) is 0 Å². The number of hydrogen-bond acceptors (Lipinski definition) is 5. The average Bonchev–Trinajstić information content (AvgIpc) is 3.17. The van der Waals surface area contributed by atoms with Gasteiger partial charge >= 0.3 is 0 Å². The van der Waals surface area contributed by atoms with Gasteiger partial charge in [-0.1, -0.05) is 54.2 Å². The fourth-order valence-corrected chi connectivity index (χ4v) is 3.87. The number of fused-ring (bicyclic) bond motifs is 1. The fourth-order valence-electron chi connectivity index (χ4n) is 3.07. The van der Waals surface area contributed by atoms with Crippen molar-refractivity contribution in [2.24, 2.45) is 0 Å². The van der Waals surface area contributed by atoms with Crippen LogP contribution < -0.4 is 5.32 Å². The lowest BCUT2D eigenvalue weighted by Gasteiger charge is -2.13. The van der Waals surface area contributed by atoms with Crippen LogP contribution in [0, 0.1) is 13.8 Å². The van der Waals surface area contributed by atoms with Gasteiger partial charge in [0, 0.05) is 5.69 Å². The molecule has 4 rings (SSSR count). The fraction of sp³-hybridized carbons (Fsp3) is 0.182. The molecule has 1 N–H and O–H groups in total. The van der Waals surface area contributed by atoms with Gasteiger partial charge in [0.25, 0.3) is 0 Å². The Morgan fingerprint density at radius 2 is 1.83 bits per heavy atom. The molecule has 0 saturated heterocycles. The summed E-state index contributed by atoms with van der Waals surface area (Å²) in [5.74, 6) is -0.0965. The van der Waals surface area contributed by atoms with Gasteiger partial charge < -0.3 is 5.32 Å². The van der Waals surface area contributed by atoms with Crippen LogP contribution in [0.15, 0.2) is 65.8 Å². The molecule has 7 heteroatoms. The molecule has 0 unspecified atom stereocenters. The van der Waals surface area contributed by atoms with E-state index in [-0.39, 0.29) is 11.2 Å². The van der Waals surface area contributed by atoms with Crippen molar-refractivity contribution in [3.63, 3.8) is 0 Å². The third kappa shape index (κ3) is 4.14. The molecule has 1 heterocycles. The van der Waals surface area contributed by atoms with Gasteiger partial charge in [0.2, 0.25) is 11.1 Å². The van der Waals surface area contributed by atoms with E-state index in [1.165, 1.54) is 11.8 Å². The van der Waals surface area contributed by atoms with E-state index < -0.39 is 0 Å². The Balaban J connectivity index is 1.51. The van der Waals surface area contributed by atoms with Crippen LogP contribution in [0.4, 0.5) is 5.69 Å². The first-order valence-corrected chi connectivity index (χ1v) is 10.2. The third-order valence-electron chi connectivity index (χ3n) is 4.70. The molecule has 1 aromatic heterocycles. The van der Waals surface area contributed by atoms with E-state index in [0.717, 1.165) is 33.3 Å². The Kier molecular flexibility index (Phi) is 5.31. The van der Waals surface area contributed by atoms with E-state index in [1.54, 1.807) is 4.68 Å². The van der Waals surface area contributed by atoms with Crippen LogP contribution in [0.5, 0.6) is 0 Å². The van der Waals surface area contributed by atoms with E-state index in [1.807, 2.05) is 75.4 Å². The van der Waals surface area contributed by atoms with E-state index >= 15 is 0 Å². The maximum absolute atomic E-state index is 12.7. The molecule has 0 aliphatic heterocycles. The lowest BCUT2D eigenvalue weighted by atomic mass is 10.1. The van der Waals surface area contributed by atoms with Gasteiger partial charge in [0.1, 0.15) is 0 Å². The van der Waals surface area contributed by atoms with Crippen LogP contribution in [-0.2, 0) is 4.79 Å². The standard InChI is InChI=1S/C22H21N5OS/c1-14-8-9-15(2)20(12-14)27-22(24-25-26-27)29-16(3)21(28)23-19-11-10-17-6-4-5-7-18(17)13-19/h4-13,16H,1-3H3,(H,23,28)/t16-/m0/s1. The van der Waals surface area contributed by atoms with Crippen molar-refractivity contribution in [1.29, 1.82) is 0 Å². The highest BCUT2D eigenvalue weighted by molar-refractivity contribution is 8.00. The molecule has 29 heavy (non-hydrogen) atoms. The quantitative estimate of drug-likeness (QED) is 0.495. The second-order valence-electron chi connectivity index (χ2n) is 6.97. The van der Waals surface area contributed by atoms with Gasteiger partial charge in [-0.2, -0.15) is 4.68 Å². The Morgan fingerprint density at radius 3 is 2.66 bits per heavy atom. The second kappa shape index (κ2) is 8.05. The van der Waals surface area contributed by atoms with E-state index in [4.69, 9.17) is 0 Å². The number of nitrogens with zero attached hydrogens (tertiary/aromatic N) is 4. The van der Waals surface area contributed by atoms with Crippen LogP contribution in [0.25, 0.3) is 16.5 Å². The lowest BCUT2D eigenvalue weighted by Crippen LogP contribution is -2.23. The summed E-state index contributed by atoms with van der Waals surface area (Å²) in [4.78, 5) is 12.7. The highest BCUT2D eigenvalue weighted by Gasteiger charge is 2.20. The molecule has 0 saturated carbocycles. The van der Waals surface area contributed by atoms with Gasteiger partial charge in [0.05, 0.1) is 10.9 Å². The first kappa shape index (κ1) is 19.1. The van der Waals surface area contributed by atoms with Crippen molar-refractivity contribution in [3.05, 3.63) is 71.8 Å². The number of rotatable bonds is 5. The van der Waals surface area contributed by atoms with Crippen LogP contribution in [0.3, 0.4) is 0 Å². The highest BCUT2D eigenvalue weighted by Crippen LogP contribution is 2.26. The minimum atomic E-state index is -0.365. The minimum Gasteiger partial charge on any atom is -0.325 e. The van der Waals surface area contributed by atoms with Crippen LogP contribution >= 0.6 is 11.8 Å². The largest absolute Gasteiger partial charge is 0.325 e. The Hall–Kier alpha value is -3.19. The number of thioether (sulfide) groups is 1. The Labute approximate surface area is 173 Å². The predicted molar refractivity (Wildman–Crippen MR) is 117 cm³/mol. The van der Waals surface area contributed by atoms with Crippen molar-refractivity contribution in [2.45, 2.75) is 31.2 Å². The summed E-state index contributed by atoms with van der Waals surface area (Å²) >= 11 is 1.33. The van der Waals surface area contributed by atoms with Crippen molar-refractivity contribution in [1.82, 2.24) is 20.2 Å². The number of carbonyl (C=O) groups excluding carboxylic acids is 1. The molecule has 6 nitrogen and oxygen atoms in total. The first-order valence-electron chi connectivity index (χ1n) is 9.33. The summed E-state index contributed by atoms with van der Waals surface area (Å²) in [6, 6.07) is 20.1. The Morgan fingerprint density at radius 1 is 1.03 bits per heavy atom. The number of aromatic nitrogens is 4. The number of carbonyl (C=O) groups is 1. The summed E-state index contributed by atoms with van der Waals surface area (Å²) in [6.07, 6.45) is 0. The summed E-state index contributed by atoms with van der Waals surface area (Å²) in [7, 11) is 0. The smallest absolute Gasteiger partial charge is 0.237 e. The van der Waals surface area contributed by atoms with Crippen molar-refractivity contribution in [3.8, 4) is 5.69 Å². The molecular weight excluding hydrogens is 382 g/mol. The molecule has 0 aliphatic carbocycles. The zero-order chi connectivity index (χ0) is 20.4. The predicted octanol–water partition coefficient (Wildman–Crippen LogP) is 4.55. The summed E-state index contributed by atoms with van der Waals surface area (Å²) < 4.78 is 1.69. The molecule has 146 valence electrons. The maximum atomic E-state index is 12.7. The summed E-state index contributed by atoms with van der Waals surface area (Å²) in [5.41, 5.74) is 3.88. The number of nitrogens with one attached hydrogen (secondary N) is 1. The molecule has 0 fully saturated rings. The Bertz CT molecular complexity index is 1190. The average molecular weight is 404 g/mol. The first-order chi connectivity index (χ1) is 14.0. The molecule has 0 spiro atoms. The van der Waals surface area contributed by atoms with Crippen LogP contribution in [0.1, 0.15) is 18.1 Å². The van der Waals surface area contributed by atoms with Crippen LogP contribution in [0.2, 0.25) is 0 Å². The molecular formula is C22H21N5OS. The number of amides is 1. The number of hydrogen-bond donors (Lipinski definition) is 1. The topological polar surface area (TPSA) is 72.7 Å². The number of aryl methyl sites for hydroxylation is 2. The van der Waals surface area contributed by atoms with Crippen molar-refractivity contribution in [2.75, 3.05) is 5.32 Å². The normalized spacial score (nSPS) is 12.1. The SMILES string of the molecule is Cc1ccc(C)c(-n2nnnc2S[C@@H](C)C(=O)Nc2ccc3ccccc3c2)c1. The highest BCUT2D eigenvalue weighted by atomic mass is 32.2. The van der Waals surface area contributed by atoms with E-state index in [9.17, 15) is 4.79 Å². The van der Waals surface area contributed by atoms with Gasteiger partial charge in [-0.3, -0.25) is 4.79 Å². The zero-order valence-electron chi connectivity index (χ0n) is 16.5.